The summed E-state index contributed by atoms with van der Waals surface area (Å²) in [6, 6.07) is 0.443. The Morgan fingerprint density at radius 1 is 1.16 bits per heavy atom. The van der Waals surface area contributed by atoms with E-state index in [1.807, 2.05) is 0 Å². The molecular formula is C16H28N2O. The van der Waals surface area contributed by atoms with Crippen molar-refractivity contribution in [2.45, 2.75) is 58.4 Å². The molecule has 2 aliphatic carbocycles. The molecule has 1 spiro atoms. The first-order valence-electron chi connectivity index (χ1n) is 8.12. The molecule has 0 bridgehead atoms. The third kappa shape index (κ3) is 2.67. The summed E-state index contributed by atoms with van der Waals surface area (Å²) in [5.41, 5.74) is 0.378. The zero-order chi connectivity index (χ0) is 13.5. The zero-order valence-electron chi connectivity index (χ0n) is 12.4. The Morgan fingerprint density at radius 3 is 2.58 bits per heavy atom. The maximum Gasteiger partial charge on any atom is 0.223 e. The van der Waals surface area contributed by atoms with Crippen LogP contribution in [0.4, 0.5) is 0 Å². The van der Waals surface area contributed by atoms with Crippen LogP contribution in [0.3, 0.4) is 0 Å². The van der Waals surface area contributed by atoms with Crippen molar-refractivity contribution < 1.29 is 4.79 Å². The summed E-state index contributed by atoms with van der Waals surface area (Å²) in [7, 11) is 0. The smallest absolute Gasteiger partial charge is 0.223 e. The van der Waals surface area contributed by atoms with Crippen LogP contribution in [0, 0.1) is 23.2 Å². The van der Waals surface area contributed by atoms with Crippen LogP contribution in [0.25, 0.3) is 0 Å². The lowest BCUT2D eigenvalue weighted by Gasteiger charge is -2.33. The molecule has 0 radical (unpaired) electrons. The third-order valence-electron chi connectivity index (χ3n) is 6.05. The number of hydrogen-bond acceptors (Lipinski definition) is 2. The number of nitrogens with one attached hydrogen (secondary N) is 2. The molecule has 4 unspecified atom stereocenters. The normalized spacial score (nSPS) is 40.9. The second-order valence-electron chi connectivity index (χ2n) is 7.34. The second kappa shape index (κ2) is 5.08. The van der Waals surface area contributed by atoms with Crippen LogP contribution in [0.5, 0.6) is 0 Å². The van der Waals surface area contributed by atoms with Crippen molar-refractivity contribution in [3.05, 3.63) is 0 Å². The predicted octanol–water partition coefficient (Wildman–Crippen LogP) is 2.32. The van der Waals surface area contributed by atoms with E-state index in [2.05, 4.69) is 24.5 Å². The Bertz CT molecular complexity index is 349. The molecule has 2 N–H and O–H groups in total. The first-order chi connectivity index (χ1) is 9.11. The lowest BCUT2D eigenvalue weighted by molar-refractivity contribution is -0.124. The van der Waals surface area contributed by atoms with Crippen molar-refractivity contribution >= 4 is 5.91 Å². The molecule has 0 aromatic rings. The van der Waals surface area contributed by atoms with Crippen LogP contribution in [0.1, 0.15) is 52.4 Å². The summed E-state index contributed by atoms with van der Waals surface area (Å²) in [5.74, 6) is 2.26. The van der Waals surface area contributed by atoms with Gasteiger partial charge < -0.3 is 10.6 Å². The summed E-state index contributed by atoms with van der Waals surface area (Å²) < 4.78 is 0. The predicted molar refractivity (Wildman–Crippen MR) is 76.8 cm³/mol. The molecule has 4 atom stereocenters. The molecular weight excluding hydrogens is 236 g/mol. The van der Waals surface area contributed by atoms with Gasteiger partial charge in [0.1, 0.15) is 0 Å². The molecule has 1 aliphatic heterocycles. The highest BCUT2D eigenvalue weighted by Gasteiger charge is 2.57. The van der Waals surface area contributed by atoms with Crippen molar-refractivity contribution in [1.29, 1.82) is 0 Å². The minimum atomic E-state index is 0.323. The van der Waals surface area contributed by atoms with Crippen LogP contribution >= 0.6 is 0 Å². The van der Waals surface area contributed by atoms with Gasteiger partial charge in [-0.25, -0.2) is 0 Å². The molecule has 1 heterocycles. The van der Waals surface area contributed by atoms with E-state index in [-0.39, 0.29) is 0 Å². The van der Waals surface area contributed by atoms with E-state index in [1.54, 1.807) is 0 Å². The van der Waals surface area contributed by atoms with Crippen LogP contribution in [0.2, 0.25) is 0 Å². The van der Waals surface area contributed by atoms with Gasteiger partial charge in [0.25, 0.3) is 0 Å². The fraction of sp³-hybridized carbons (Fsp3) is 0.938. The standard InChI is InChI=1S/C16H28N2O/c1-11-3-4-13(9-12(11)2)18-15(19)14-10-16(14)5-7-17-8-6-16/h11-14,17H,3-10H2,1-2H3,(H,18,19). The van der Waals surface area contributed by atoms with E-state index in [0.29, 0.717) is 23.3 Å². The summed E-state index contributed by atoms with van der Waals surface area (Å²) in [6.45, 7) is 6.87. The van der Waals surface area contributed by atoms with Crippen LogP contribution in [0.15, 0.2) is 0 Å². The number of hydrogen-bond donors (Lipinski definition) is 2. The van der Waals surface area contributed by atoms with Gasteiger partial charge in [0.15, 0.2) is 0 Å². The highest BCUT2D eigenvalue weighted by Crippen LogP contribution is 2.58. The van der Waals surface area contributed by atoms with E-state index in [1.165, 1.54) is 32.1 Å². The number of carbonyl (C=O) groups is 1. The van der Waals surface area contributed by atoms with Crippen LogP contribution in [-0.4, -0.2) is 25.0 Å². The molecule has 0 aromatic carbocycles. The average molecular weight is 264 g/mol. The van der Waals surface area contributed by atoms with Gasteiger partial charge in [0, 0.05) is 12.0 Å². The fourth-order valence-electron chi connectivity index (χ4n) is 4.18. The van der Waals surface area contributed by atoms with E-state index >= 15 is 0 Å². The third-order valence-corrected chi connectivity index (χ3v) is 6.05. The van der Waals surface area contributed by atoms with Gasteiger partial charge in [0.05, 0.1) is 0 Å². The molecule has 19 heavy (non-hydrogen) atoms. The molecule has 3 aliphatic rings. The Labute approximate surface area is 116 Å². The van der Waals surface area contributed by atoms with E-state index in [0.717, 1.165) is 31.3 Å². The molecule has 2 saturated carbocycles. The largest absolute Gasteiger partial charge is 0.353 e. The molecule has 3 fully saturated rings. The SMILES string of the molecule is CC1CCC(NC(=O)C2CC23CCNCC3)CC1C. The van der Waals surface area contributed by atoms with Gasteiger partial charge in [-0.2, -0.15) is 0 Å². The van der Waals surface area contributed by atoms with Crippen molar-refractivity contribution in [3.8, 4) is 0 Å². The van der Waals surface area contributed by atoms with Crippen molar-refractivity contribution in [1.82, 2.24) is 10.6 Å². The van der Waals surface area contributed by atoms with Crippen LogP contribution < -0.4 is 10.6 Å². The highest BCUT2D eigenvalue weighted by atomic mass is 16.2. The Balaban J connectivity index is 1.50. The van der Waals surface area contributed by atoms with Crippen molar-refractivity contribution in [2.24, 2.45) is 23.2 Å². The van der Waals surface area contributed by atoms with Crippen molar-refractivity contribution in [2.75, 3.05) is 13.1 Å². The second-order valence-corrected chi connectivity index (χ2v) is 7.34. The molecule has 108 valence electrons. The number of carbonyl (C=O) groups excluding carboxylic acids is 1. The summed E-state index contributed by atoms with van der Waals surface area (Å²) >= 11 is 0. The van der Waals surface area contributed by atoms with Gasteiger partial charge in [-0.05, 0) is 68.9 Å². The monoisotopic (exact) mass is 264 g/mol. The number of amides is 1. The summed E-state index contributed by atoms with van der Waals surface area (Å²) in [4.78, 5) is 12.4. The minimum absolute atomic E-state index is 0.323. The summed E-state index contributed by atoms with van der Waals surface area (Å²) in [6.07, 6.45) is 7.16. The number of rotatable bonds is 2. The van der Waals surface area contributed by atoms with Gasteiger partial charge >= 0.3 is 0 Å². The zero-order valence-corrected chi connectivity index (χ0v) is 12.4. The lowest BCUT2D eigenvalue weighted by Crippen LogP contribution is -2.42. The van der Waals surface area contributed by atoms with Gasteiger partial charge in [-0.3, -0.25) is 4.79 Å². The quantitative estimate of drug-likeness (QED) is 0.803. The van der Waals surface area contributed by atoms with Crippen LogP contribution in [-0.2, 0) is 4.79 Å². The first kappa shape index (κ1) is 13.4. The molecule has 1 amide bonds. The summed E-state index contributed by atoms with van der Waals surface area (Å²) in [5, 5.41) is 6.74. The molecule has 1 saturated heterocycles. The topological polar surface area (TPSA) is 41.1 Å². The lowest BCUT2D eigenvalue weighted by atomic mass is 9.79. The maximum atomic E-state index is 12.4. The average Bonchev–Trinajstić information content (AvgIpc) is 3.08. The van der Waals surface area contributed by atoms with Gasteiger partial charge in [-0.1, -0.05) is 13.8 Å². The fourth-order valence-corrected chi connectivity index (χ4v) is 4.18. The van der Waals surface area contributed by atoms with Crippen molar-refractivity contribution in [3.63, 3.8) is 0 Å². The number of piperidine rings is 1. The first-order valence-corrected chi connectivity index (χ1v) is 8.12. The molecule has 3 rings (SSSR count). The van der Waals surface area contributed by atoms with E-state index in [4.69, 9.17) is 0 Å². The van der Waals surface area contributed by atoms with E-state index < -0.39 is 0 Å². The molecule has 3 nitrogen and oxygen atoms in total. The Morgan fingerprint density at radius 2 is 1.89 bits per heavy atom. The molecule has 3 heteroatoms. The Kier molecular flexibility index (Phi) is 3.59. The maximum absolute atomic E-state index is 12.4. The minimum Gasteiger partial charge on any atom is -0.353 e. The van der Waals surface area contributed by atoms with E-state index in [9.17, 15) is 4.79 Å². The Hall–Kier alpha value is -0.570. The molecule has 0 aromatic heterocycles. The highest BCUT2D eigenvalue weighted by molar-refractivity contribution is 5.82. The van der Waals surface area contributed by atoms with Gasteiger partial charge in [-0.15, -0.1) is 0 Å². The van der Waals surface area contributed by atoms with Gasteiger partial charge in [0.2, 0.25) is 5.91 Å².